The molecule has 0 aliphatic heterocycles. The van der Waals surface area contributed by atoms with E-state index in [1.54, 1.807) is 0 Å². The summed E-state index contributed by atoms with van der Waals surface area (Å²) in [6, 6.07) is 1.28. The monoisotopic (exact) mass is 229 g/mol. The first-order chi connectivity index (χ1) is 7.29. The van der Waals surface area contributed by atoms with Crippen molar-refractivity contribution in [3.05, 3.63) is 0 Å². The van der Waals surface area contributed by atoms with Crippen LogP contribution in [-0.4, -0.2) is 22.1 Å². The van der Waals surface area contributed by atoms with E-state index in [0.29, 0.717) is 0 Å². The highest BCUT2D eigenvalue weighted by Gasteiger charge is 2.41. The van der Waals surface area contributed by atoms with E-state index >= 15 is 0 Å². The molecule has 3 heteroatoms. The van der Waals surface area contributed by atoms with Crippen LogP contribution in [0.5, 0.6) is 0 Å². The number of nitrogens with one attached hydrogen (secondary N) is 1. The lowest BCUT2D eigenvalue weighted by molar-refractivity contribution is 0.336. The molecule has 0 amide bonds. The van der Waals surface area contributed by atoms with Gasteiger partial charge in [-0.1, -0.05) is 39.5 Å². The lowest BCUT2D eigenvalue weighted by Gasteiger charge is -2.39. The van der Waals surface area contributed by atoms with Gasteiger partial charge in [-0.25, -0.2) is 0 Å². The third-order valence-electron chi connectivity index (χ3n) is 3.73. The first-order valence-corrected chi connectivity index (χ1v) is 8.78. The first-order valence-electron chi connectivity index (χ1n) is 6.59. The van der Waals surface area contributed by atoms with Crippen LogP contribution in [0, 0.1) is 0 Å². The fraction of sp³-hybridized carbons (Fsp3) is 1.00. The van der Waals surface area contributed by atoms with Crippen molar-refractivity contribution in [2.24, 2.45) is 0 Å². The van der Waals surface area contributed by atoms with Gasteiger partial charge in [0.2, 0.25) is 0 Å². The van der Waals surface area contributed by atoms with Crippen LogP contribution in [0.25, 0.3) is 0 Å². The molecule has 0 heterocycles. The Morgan fingerprint density at radius 1 is 1.20 bits per heavy atom. The van der Waals surface area contributed by atoms with E-state index in [0.717, 1.165) is 12.1 Å². The molecule has 1 fully saturated rings. The summed E-state index contributed by atoms with van der Waals surface area (Å²) in [7, 11) is 0.311. The zero-order valence-electron chi connectivity index (χ0n) is 10.6. The molecule has 0 aromatic heterocycles. The molecule has 0 saturated heterocycles. The zero-order chi connectivity index (χ0) is 11.1. The van der Waals surface area contributed by atoms with Gasteiger partial charge in [0.15, 0.2) is 0 Å². The summed E-state index contributed by atoms with van der Waals surface area (Å²) >= 11 is 0. The Kier molecular flexibility index (Phi) is 5.86. The fourth-order valence-electron chi connectivity index (χ4n) is 3.02. The number of hydrogen-bond donors (Lipinski definition) is 1. The summed E-state index contributed by atoms with van der Waals surface area (Å²) in [5.41, 5.74) is 0.858. The lowest BCUT2D eigenvalue weighted by Crippen LogP contribution is -2.56. The van der Waals surface area contributed by atoms with Gasteiger partial charge in [-0.2, -0.15) is 0 Å². The molecule has 1 atom stereocenters. The highest BCUT2D eigenvalue weighted by Crippen LogP contribution is 2.38. The van der Waals surface area contributed by atoms with Crippen molar-refractivity contribution in [1.82, 2.24) is 4.98 Å². The topological polar surface area (TPSA) is 21.3 Å². The Labute approximate surface area is 96.0 Å². The van der Waals surface area contributed by atoms with Crippen LogP contribution in [0.15, 0.2) is 0 Å². The molecule has 1 saturated carbocycles. The molecule has 90 valence electrons. The van der Waals surface area contributed by atoms with Crippen molar-refractivity contribution >= 4 is 8.48 Å². The molecule has 0 spiro atoms. The minimum absolute atomic E-state index is 0.858. The van der Waals surface area contributed by atoms with Crippen LogP contribution in [0.1, 0.15) is 52.4 Å². The summed E-state index contributed by atoms with van der Waals surface area (Å²) in [4.78, 5) is 3.73. The normalized spacial score (nSPS) is 22.6. The second-order valence-corrected chi connectivity index (χ2v) is 8.57. The Balaban J connectivity index is 2.66. The molecule has 1 N–H and O–H groups in total. The summed E-state index contributed by atoms with van der Waals surface area (Å²) in [5, 5.41) is 0. The average Bonchev–Trinajstić information content (AvgIpc) is 2.30. The summed E-state index contributed by atoms with van der Waals surface area (Å²) in [6.45, 7) is 5.55. The van der Waals surface area contributed by atoms with E-state index < -0.39 is 8.48 Å². The molecule has 1 unspecified atom stereocenters. The highest BCUT2D eigenvalue weighted by molar-refractivity contribution is 6.72. The zero-order valence-corrected chi connectivity index (χ0v) is 11.6. The largest absolute Gasteiger partial charge is 0.406 e. The average molecular weight is 229 g/mol. The molecule has 1 aliphatic carbocycles. The van der Waals surface area contributed by atoms with Crippen LogP contribution in [0.3, 0.4) is 0 Å². The van der Waals surface area contributed by atoms with Crippen LogP contribution in [0.4, 0.5) is 0 Å². The summed E-state index contributed by atoms with van der Waals surface area (Å²) in [6.07, 6.45) is 8.31. The van der Waals surface area contributed by atoms with Crippen LogP contribution >= 0.6 is 0 Å². The van der Waals surface area contributed by atoms with E-state index in [1.807, 2.05) is 7.11 Å². The molecule has 0 aromatic carbocycles. The van der Waals surface area contributed by atoms with E-state index in [2.05, 4.69) is 18.8 Å². The van der Waals surface area contributed by atoms with Crippen LogP contribution in [-0.2, 0) is 4.43 Å². The highest BCUT2D eigenvalue weighted by atomic mass is 28.4. The van der Waals surface area contributed by atoms with Gasteiger partial charge < -0.3 is 9.41 Å². The van der Waals surface area contributed by atoms with Crippen molar-refractivity contribution in [3.63, 3.8) is 0 Å². The third kappa shape index (κ3) is 3.30. The summed E-state index contributed by atoms with van der Waals surface area (Å²) in [5.74, 6) is 0. The van der Waals surface area contributed by atoms with Gasteiger partial charge in [0.25, 0.3) is 8.48 Å². The minimum Gasteiger partial charge on any atom is -0.406 e. The van der Waals surface area contributed by atoms with Gasteiger partial charge >= 0.3 is 0 Å². The maximum atomic E-state index is 5.99. The Morgan fingerprint density at radius 3 is 2.33 bits per heavy atom. The molecule has 15 heavy (non-hydrogen) atoms. The van der Waals surface area contributed by atoms with Gasteiger partial charge in [-0.15, -0.1) is 0 Å². The van der Waals surface area contributed by atoms with Gasteiger partial charge in [-0.05, 0) is 31.0 Å². The molecular weight excluding hydrogens is 202 g/mol. The van der Waals surface area contributed by atoms with Gasteiger partial charge in [0, 0.05) is 7.11 Å². The number of rotatable bonds is 6. The minimum atomic E-state index is -1.62. The first kappa shape index (κ1) is 13.2. The molecular formula is C12H27NOSi. The van der Waals surface area contributed by atoms with Crippen molar-refractivity contribution in [3.8, 4) is 0 Å². The maximum absolute atomic E-state index is 5.99. The Bertz CT molecular complexity index is 163. The lowest BCUT2D eigenvalue weighted by atomic mass is 10.0. The van der Waals surface area contributed by atoms with Gasteiger partial charge in [-0.3, -0.25) is 0 Å². The van der Waals surface area contributed by atoms with Crippen molar-refractivity contribution in [1.29, 1.82) is 0 Å². The van der Waals surface area contributed by atoms with Gasteiger partial charge in [0.05, 0.1) is 0 Å². The molecule has 2 nitrogen and oxygen atoms in total. The predicted octanol–water partition coefficient (Wildman–Crippen LogP) is 3.43. The standard InChI is InChI=1S/C12H27NOSi/c1-4-11-15(14-3,13-5-2)12-9-7-6-8-10-12/h12-13H,4-11H2,1-3H3. The quantitative estimate of drug-likeness (QED) is 0.705. The van der Waals surface area contributed by atoms with Crippen molar-refractivity contribution in [2.45, 2.75) is 64.0 Å². The summed E-state index contributed by atoms with van der Waals surface area (Å²) < 4.78 is 5.99. The fourth-order valence-corrected chi connectivity index (χ4v) is 7.25. The molecule has 0 aromatic rings. The molecule has 1 aliphatic rings. The Hall–Kier alpha value is 0.137. The second-order valence-electron chi connectivity index (χ2n) is 4.71. The van der Waals surface area contributed by atoms with E-state index in [1.165, 1.54) is 44.6 Å². The Morgan fingerprint density at radius 2 is 1.87 bits per heavy atom. The predicted molar refractivity (Wildman–Crippen MR) is 68.4 cm³/mol. The van der Waals surface area contributed by atoms with E-state index in [9.17, 15) is 0 Å². The number of hydrogen-bond acceptors (Lipinski definition) is 2. The van der Waals surface area contributed by atoms with Crippen LogP contribution < -0.4 is 4.98 Å². The molecule has 0 bridgehead atoms. The SMILES string of the molecule is CCC[Si](NCC)(OC)C1CCCCC1. The van der Waals surface area contributed by atoms with Crippen LogP contribution in [0.2, 0.25) is 11.6 Å². The third-order valence-corrected chi connectivity index (χ3v) is 8.55. The van der Waals surface area contributed by atoms with Gasteiger partial charge in [0.1, 0.15) is 0 Å². The van der Waals surface area contributed by atoms with Crippen molar-refractivity contribution in [2.75, 3.05) is 13.7 Å². The van der Waals surface area contributed by atoms with E-state index in [4.69, 9.17) is 4.43 Å². The molecule has 0 radical (unpaired) electrons. The molecule has 1 rings (SSSR count). The smallest absolute Gasteiger partial charge is 0.271 e. The van der Waals surface area contributed by atoms with Crippen molar-refractivity contribution < 1.29 is 4.43 Å². The maximum Gasteiger partial charge on any atom is 0.271 e. The van der Waals surface area contributed by atoms with E-state index in [-0.39, 0.29) is 0 Å². The second kappa shape index (κ2) is 6.66.